The van der Waals surface area contributed by atoms with Crippen LogP contribution in [-0.4, -0.2) is 26.1 Å². The van der Waals surface area contributed by atoms with Crippen molar-refractivity contribution in [3.63, 3.8) is 0 Å². The van der Waals surface area contributed by atoms with Crippen LogP contribution in [0.1, 0.15) is 26.3 Å². The molecule has 51 heavy (non-hydrogen) atoms. The zero-order chi connectivity index (χ0) is 33.6. The number of nitrogens with zero attached hydrogens (tertiary/aromatic N) is 6. The Morgan fingerprint density at radius 1 is 0.667 bits per heavy atom. The van der Waals surface area contributed by atoms with Gasteiger partial charge in [-0.2, -0.15) is 6.07 Å². The molecule has 0 saturated carbocycles. The molecule has 0 unspecified atom stereocenters. The second kappa shape index (κ2) is 11.7. The molecule has 0 saturated heterocycles. The molecule has 0 spiro atoms. The van der Waals surface area contributed by atoms with Crippen LogP contribution in [-0.2, 0) is 26.5 Å². The molecule has 10 rings (SSSR count). The van der Waals surface area contributed by atoms with Gasteiger partial charge in [-0.05, 0) is 64.5 Å². The number of hydrogen-bond donors (Lipinski definition) is 0. The predicted molar refractivity (Wildman–Crippen MR) is 201 cm³/mol. The summed E-state index contributed by atoms with van der Waals surface area (Å²) in [6.45, 7) is 6.67. The van der Waals surface area contributed by atoms with E-state index in [0.717, 1.165) is 61.8 Å². The first kappa shape index (κ1) is 31.4. The maximum Gasteiger partial charge on any atom is 2.00 e. The molecule has 248 valence electrons. The van der Waals surface area contributed by atoms with Gasteiger partial charge in [0.15, 0.2) is 0 Å². The summed E-state index contributed by atoms with van der Waals surface area (Å²) in [5, 5.41) is 2.24. The van der Waals surface area contributed by atoms with Gasteiger partial charge in [-0.1, -0.05) is 92.5 Å². The van der Waals surface area contributed by atoms with Crippen molar-refractivity contribution in [3.05, 3.63) is 152 Å². The number of anilines is 4. The van der Waals surface area contributed by atoms with Crippen molar-refractivity contribution < 1.29 is 25.8 Å². The van der Waals surface area contributed by atoms with Crippen LogP contribution in [0.3, 0.4) is 0 Å². The molecule has 0 atom stereocenters. The van der Waals surface area contributed by atoms with Gasteiger partial charge in [-0.3, -0.25) is 4.98 Å². The van der Waals surface area contributed by atoms with Crippen molar-refractivity contribution in [2.75, 3.05) is 9.62 Å². The average Bonchev–Trinajstić information content (AvgIpc) is 3.85. The van der Waals surface area contributed by atoms with Gasteiger partial charge in [-0.15, -0.1) is 23.6 Å². The Hall–Kier alpha value is -5.59. The number of para-hydroxylation sites is 4. The van der Waals surface area contributed by atoms with E-state index in [0.29, 0.717) is 11.5 Å². The number of aromatic nitrogens is 4. The van der Waals surface area contributed by atoms with Crippen LogP contribution in [0.2, 0.25) is 0 Å². The Morgan fingerprint density at radius 3 is 2.22 bits per heavy atom. The van der Waals surface area contributed by atoms with Crippen molar-refractivity contribution in [2.24, 2.45) is 0 Å². The van der Waals surface area contributed by atoms with Gasteiger partial charge in [-0.25, -0.2) is 4.98 Å². The fraction of sp³-hybridized carbons (Fsp3) is 0.0952. The number of pyridine rings is 1. The minimum Gasteiger partial charge on any atom is -0.503 e. The number of imidazole rings is 1. The first-order valence-corrected chi connectivity index (χ1v) is 16.9. The van der Waals surface area contributed by atoms with Crippen molar-refractivity contribution in [1.82, 2.24) is 19.0 Å². The standard InChI is InChI=1S/C42H31BN6O.Pt/c1-42(2,3)28-21-22-44-40(25-28)47-35-14-8-7-13-32(35)33-19-17-31(27-39(33)47)50-30-18-20-36-34(26-30)41-45-23-24-46(41)43-48(29-11-5-4-6-12-29)37-15-9-10-16-38(37)49(36)43;/h4-25H,1-3H3;/q-2;+2. The Kier molecular flexibility index (Phi) is 7.23. The number of ether oxygens (including phenoxy) is 1. The van der Waals surface area contributed by atoms with Gasteiger partial charge in [0.25, 0.3) is 0 Å². The smallest absolute Gasteiger partial charge is 0.503 e. The summed E-state index contributed by atoms with van der Waals surface area (Å²) in [4.78, 5) is 14.4. The molecule has 0 radical (unpaired) electrons. The van der Waals surface area contributed by atoms with Crippen molar-refractivity contribution in [3.8, 4) is 28.7 Å². The Morgan fingerprint density at radius 2 is 1.39 bits per heavy atom. The monoisotopic (exact) mass is 841 g/mol. The SMILES string of the molecule is CC(C)(C)c1ccnc(-n2c3[c-]c(Oc4[c-]c5c(cc4)N4B(N(c6ccccc6)c6ccccc64)n4ccnc4-5)ccc3c3ccccc32)c1.[Pt+2]. The van der Waals surface area contributed by atoms with Gasteiger partial charge in [0.05, 0.1) is 5.69 Å². The van der Waals surface area contributed by atoms with Crippen LogP contribution in [0, 0.1) is 12.1 Å². The fourth-order valence-electron chi connectivity index (χ4n) is 7.49. The number of hydrogen-bond acceptors (Lipinski definition) is 5. The van der Waals surface area contributed by atoms with E-state index in [-0.39, 0.29) is 33.6 Å². The van der Waals surface area contributed by atoms with Gasteiger partial charge in [0.2, 0.25) is 0 Å². The summed E-state index contributed by atoms with van der Waals surface area (Å²) < 4.78 is 11.0. The molecule has 0 N–H and O–H groups in total. The molecule has 2 aliphatic rings. The first-order chi connectivity index (χ1) is 24.4. The third-order valence-corrected chi connectivity index (χ3v) is 9.81. The summed E-state index contributed by atoms with van der Waals surface area (Å²) in [6.07, 6.45) is 5.80. The van der Waals surface area contributed by atoms with Crippen molar-refractivity contribution >= 4 is 51.7 Å². The van der Waals surface area contributed by atoms with Crippen LogP contribution in [0.25, 0.3) is 39.0 Å². The van der Waals surface area contributed by atoms with Crippen LogP contribution < -0.4 is 14.4 Å². The van der Waals surface area contributed by atoms with Crippen LogP contribution in [0.5, 0.6) is 11.5 Å². The van der Waals surface area contributed by atoms with E-state index >= 15 is 0 Å². The summed E-state index contributed by atoms with van der Waals surface area (Å²) in [5.41, 5.74) is 8.48. The normalized spacial score (nSPS) is 13.1. The second-order valence-electron chi connectivity index (χ2n) is 13.8. The summed E-state index contributed by atoms with van der Waals surface area (Å²) in [6, 6.07) is 47.2. The van der Waals surface area contributed by atoms with E-state index in [4.69, 9.17) is 14.7 Å². The van der Waals surface area contributed by atoms with Gasteiger partial charge in [0, 0.05) is 52.8 Å². The largest absolute Gasteiger partial charge is 2.00 e. The quantitative estimate of drug-likeness (QED) is 0.131. The molecule has 7 nitrogen and oxygen atoms in total. The van der Waals surface area contributed by atoms with Crippen molar-refractivity contribution in [2.45, 2.75) is 26.2 Å². The third kappa shape index (κ3) is 4.85. The number of benzene rings is 5. The zero-order valence-electron chi connectivity index (χ0n) is 28.2. The van der Waals surface area contributed by atoms with Crippen LogP contribution >= 0.6 is 0 Å². The molecule has 0 amide bonds. The van der Waals surface area contributed by atoms with Gasteiger partial charge >= 0.3 is 28.2 Å². The fourth-order valence-corrected chi connectivity index (χ4v) is 7.49. The van der Waals surface area contributed by atoms with E-state index in [2.05, 4.69) is 155 Å². The van der Waals surface area contributed by atoms with Crippen LogP contribution in [0.15, 0.2) is 134 Å². The predicted octanol–water partition coefficient (Wildman–Crippen LogP) is 9.87. The number of rotatable bonds is 4. The molecule has 0 fully saturated rings. The molecule has 0 aliphatic carbocycles. The van der Waals surface area contributed by atoms with E-state index in [1.165, 1.54) is 5.56 Å². The molecule has 3 aromatic heterocycles. The molecule has 2 aliphatic heterocycles. The zero-order valence-corrected chi connectivity index (χ0v) is 30.5. The topological polar surface area (TPSA) is 51.4 Å². The maximum absolute atomic E-state index is 6.57. The number of fused-ring (bicyclic) bond motifs is 11. The molecule has 8 aromatic rings. The molecular weight excluding hydrogens is 810 g/mol. The molecule has 0 bridgehead atoms. The van der Waals surface area contributed by atoms with E-state index in [1.54, 1.807) is 0 Å². The third-order valence-electron chi connectivity index (χ3n) is 9.81. The summed E-state index contributed by atoms with van der Waals surface area (Å²) in [5.74, 6) is 2.89. The molecular formula is C42H31BN6OPt. The first-order valence-electron chi connectivity index (χ1n) is 16.9. The maximum atomic E-state index is 6.57. The molecule has 5 aromatic carbocycles. The van der Waals surface area contributed by atoms with E-state index < -0.39 is 0 Å². The Bertz CT molecular complexity index is 2610. The minimum absolute atomic E-state index is 0. The second-order valence-corrected chi connectivity index (χ2v) is 13.8. The summed E-state index contributed by atoms with van der Waals surface area (Å²) >= 11 is 0. The van der Waals surface area contributed by atoms with Gasteiger partial charge < -0.3 is 23.4 Å². The minimum atomic E-state index is -0.150. The van der Waals surface area contributed by atoms with E-state index in [1.807, 2.05) is 30.7 Å². The molecule has 9 heteroatoms. The Balaban J connectivity index is 0.00000348. The Labute approximate surface area is 311 Å². The van der Waals surface area contributed by atoms with Gasteiger partial charge in [0.1, 0.15) is 5.82 Å². The molecule has 5 heterocycles. The van der Waals surface area contributed by atoms with Crippen molar-refractivity contribution in [1.29, 1.82) is 0 Å². The van der Waals surface area contributed by atoms with E-state index in [9.17, 15) is 0 Å². The summed E-state index contributed by atoms with van der Waals surface area (Å²) in [7, 11) is -0.150. The average molecular weight is 842 g/mol. The van der Waals surface area contributed by atoms with Crippen LogP contribution in [0.4, 0.5) is 22.7 Å².